The van der Waals surface area contributed by atoms with Crippen LogP contribution >= 0.6 is 11.3 Å². The minimum absolute atomic E-state index is 0.0514. The molecule has 18 heavy (non-hydrogen) atoms. The summed E-state index contributed by atoms with van der Waals surface area (Å²) >= 11 is 1.71. The Balaban J connectivity index is 2.31. The first-order valence-corrected chi connectivity index (χ1v) is 6.51. The Morgan fingerprint density at radius 1 is 1.44 bits per heavy atom. The van der Waals surface area contributed by atoms with Gasteiger partial charge in [-0.1, -0.05) is 6.07 Å². The number of nitrogen functional groups attached to an aromatic ring is 1. The van der Waals surface area contributed by atoms with Crippen LogP contribution in [0.4, 0.5) is 5.82 Å². The van der Waals surface area contributed by atoms with Crippen molar-refractivity contribution in [3.63, 3.8) is 0 Å². The summed E-state index contributed by atoms with van der Waals surface area (Å²) < 4.78 is 0. The first kappa shape index (κ1) is 12.6. The maximum atomic E-state index is 7.60. The SMILES string of the molecule is Cc1ccc(C(=N)N)c(N(C)Cc2cccs2)n1. The maximum absolute atomic E-state index is 7.60. The third-order valence-electron chi connectivity index (χ3n) is 2.64. The average Bonchev–Trinajstić information content (AvgIpc) is 2.81. The van der Waals surface area contributed by atoms with Crippen molar-refractivity contribution >= 4 is 23.0 Å². The Morgan fingerprint density at radius 3 is 2.83 bits per heavy atom. The van der Waals surface area contributed by atoms with Crippen molar-refractivity contribution in [3.8, 4) is 0 Å². The number of nitrogens with one attached hydrogen (secondary N) is 1. The fourth-order valence-electron chi connectivity index (χ4n) is 1.76. The van der Waals surface area contributed by atoms with E-state index in [0.717, 1.165) is 18.1 Å². The van der Waals surface area contributed by atoms with Gasteiger partial charge >= 0.3 is 0 Å². The second-order valence-electron chi connectivity index (χ2n) is 4.17. The fraction of sp³-hybridized carbons (Fsp3) is 0.231. The lowest BCUT2D eigenvalue weighted by atomic mass is 10.2. The molecule has 0 saturated heterocycles. The molecule has 0 atom stereocenters. The number of amidine groups is 1. The van der Waals surface area contributed by atoms with Gasteiger partial charge in [0, 0.05) is 17.6 Å². The van der Waals surface area contributed by atoms with Gasteiger partial charge in [-0.15, -0.1) is 11.3 Å². The van der Waals surface area contributed by atoms with E-state index in [4.69, 9.17) is 11.1 Å². The average molecular weight is 260 g/mol. The fourth-order valence-corrected chi connectivity index (χ4v) is 2.51. The van der Waals surface area contributed by atoms with E-state index in [9.17, 15) is 0 Å². The minimum atomic E-state index is 0.0514. The molecule has 0 spiro atoms. The summed E-state index contributed by atoms with van der Waals surface area (Å²) in [7, 11) is 1.97. The molecule has 0 saturated carbocycles. The minimum Gasteiger partial charge on any atom is -0.384 e. The lowest BCUT2D eigenvalue weighted by Crippen LogP contribution is -2.23. The number of rotatable bonds is 4. The van der Waals surface area contributed by atoms with E-state index in [1.165, 1.54) is 4.88 Å². The van der Waals surface area contributed by atoms with Gasteiger partial charge in [-0.2, -0.15) is 0 Å². The summed E-state index contributed by atoms with van der Waals surface area (Å²) in [6.45, 7) is 2.71. The molecule has 0 fully saturated rings. The van der Waals surface area contributed by atoms with Gasteiger partial charge in [0.05, 0.1) is 12.1 Å². The first-order chi connectivity index (χ1) is 8.58. The zero-order valence-corrected chi connectivity index (χ0v) is 11.3. The van der Waals surface area contributed by atoms with Gasteiger partial charge in [-0.05, 0) is 30.5 Å². The van der Waals surface area contributed by atoms with Crippen LogP contribution in [0.1, 0.15) is 16.1 Å². The van der Waals surface area contributed by atoms with Crippen molar-refractivity contribution in [3.05, 3.63) is 45.8 Å². The normalized spacial score (nSPS) is 10.3. The molecular weight excluding hydrogens is 244 g/mol. The molecule has 0 aliphatic heterocycles. The summed E-state index contributed by atoms with van der Waals surface area (Å²) in [6, 6.07) is 7.85. The number of anilines is 1. The van der Waals surface area contributed by atoms with Gasteiger partial charge in [0.25, 0.3) is 0 Å². The molecule has 0 aromatic carbocycles. The zero-order valence-electron chi connectivity index (χ0n) is 10.5. The predicted octanol–water partition coefficient (Wildman–Crippen LogP) is 2.37. The molecule has 0 aliphatic carbocycles. The molecule has 4 nitrogen and oxygen atoms in total. The van der Waals surface area contributed by atoms with E-state index < -0.39 is 0 Å². The van der Waals surface area contributed by atoms with Gasteiger partial charge in [0.1, 0.15) is 11.7 Å². The first-order valence-electron chi connectivity index (χ1n) is 5.63. The van der Waals surface area contributed by atoms with Crippen LogP contribution in [0.3, 0.4) is 0 Å². The molecule has 2 aromatic rings. The number of nitrogens with two attached hydrogens (primary N) is 1. The van der Waals surface area contributed by atoms with Crippen molar-refractivity contribution in [2.45, 2.75) is 13.5 Å². The van der Waals surface area contributed by atoms with Crippen molar-refractivity contribution in [2.75, 3.05) is 11.9 Å². The molecule has 0 amide bonds. The monoisotopic (exact) mass is 260 g/mol. The van der Waals surface area contributed by atoms with Gasteiger partial charge in [-0.25, -0.2) is 4.98 Å². The standard InChI is InChI=1S/C13H16N4S/c1-9-5-6-11(12(14)15)13(16-9)17(2)8-10-4-3-7-18-10/h3-7H,8H2,1-2H3,(H3,14,15). The largest absolute Gasteiger partial charge is 0.384 e. The topological polar surface area (TPSA) is 66.0 Å². The van der Waals surface area contributed by atoms with E-state index in [1.807, 2.05) is 37.1 Å². The Bertz CT molecular complexity index is 548. The van der Waals surface area contributed by atoms with E-state index >= 15 is 0 Å². The number of aryl methyl sites for hydroxylation is 1. The van der Waals surface area contributed by atoms with E-state index in [-0.39, 0.29) is 5.84 Å². The second-order valence-corrected chi connectivity index (χ2v) is 5.21. The molecule has 2 heterocycles. The Labute approximate surface area is 111 Å². The van der Waals surface area contributed by atoms with E-state index in [1.54, 1.807) is 11.3 Å². The molecule has 2 rings (SSSR count). The second kappa shape index (κ2) is 5.18. The highest BCUT2D eigenvalue weighted by atomic mass is 32.1. The smallest absolute Gasteiger partial charge is 0.139 e. The Kier molecular flexibility index (Phi) is 3.62. The van der Waals surface area contributed by atoms with Crippen molar-refractivity contribution in [1.29, 1.82) is 5.41 Å². The highest BCUT2D eigenvalue weighted by molar-refractivity contribution is 7.09. The van der Waals surface area contributed by atoms with Crippen molar-refractivity contribution in [2.24, 2.45) is 5.73 Å². The highest BCUT2D eigenvalue weighted by Crippen LogP contribution is 2.20. The molecule has 94 valence electrons. The summed E-state index contributed by atoms with van der Waals surface area (Å²) in [4.78, 5) is 7.77. The zero-order chi connectivity index (χ0) is 13.1. The van der Waals surface area contributed by atoms with Crippen LogP contribution in [-0.2, 0) is 6.54 Å². The van der Waals surface area contributed by atoms with Gasteiger partial charge in [-0.3, -0.25) is 5.41 Å². The molecule has 3 N–H and O–H groups in total. The number of thiophene rings is 1. The van der Waals surface area contributed by atoms with Crippen molar-refractivity contribution < 1.29 is 0 Å². The van der Waals surface area contributed by atoms with Crippen molar-refractivity contribution in [1.82, 2.24) is 4.98 Å². The van der Waals surface area contributed by atoms with Crippen LogP contribution in [-0.4, -0.2) is 17.9 Å². The van der Waals surface area contributed by atoms with E-state index in [0.29, 0.717) is 5.56 Å². The van der Waals surface area contributed by atoms with Crippen LogP contribution in [0.15, 0.2) is 29.6 Å². The summed E-state index contributed by atoms with van der Waals surface area (Å²) in [5, 5.41) is 9.66. The third-order valence-corrected chi connectivity index (χ3v) is 3.50. The van der Waals surface area contributed by atoms with Crippen LogP contribution in [0.2, 0.25) is 0 Å². The molecule has 0 unspecified atom stereocenters. The quantitative estimate of drug-likeness (QED) is 0.655. The van der Waals surface area contributed by atoms with Gasteiger partial charge in [0.15, 0.2) is 0 Å². The predicted molar refractivity (Wildman–Crippen MR) is 76.4 cm³/mol. The van der Waals surface area contributed by atoms with Gasteiger partial charge in [0.2, 0.25) is 0 Å². The van der Waals surface area contributed by atoms with Crippen LogP contribution < -0.4 is 10.6 Å². The lowest BCUT2D eigenvalue weighted by molar-refractivity contribution is 0.903. The third kappa shape index (κ3) is 2.68. The molecule has 0 radical (unpaired) electrons. The number of hydrogen-bond donors (Lipinski definition) is 2. The number of pyridine rings is 1. The van der Waals surface area contributed by atoms with Gasteiger partial charge < -0.3 is 10.6 Å². The van der Waals surface area contributed by atoms with Crippen LogP contribution in [0.25, 0.3) is 0 Å². The molecule has 0 bridgehead atoms. The number of aromatic nitrogens is 1. The Hall–Kier alpha value is -1.88. The summed E-state index contributed by atoms with van der Waals surface area (Å²) in [5.41, 5.74) is 7.20. The molecular formula is C13H16N4S. The lowest BCUT2D eigenvalue weighted by Gasteiger charge is -2.20. The maximum Gasteiger partial charge on any atom is 0.139 e. The summed E-state index contributed by atoms with van der Waals surface area (Å²) in [6.07, 6.45) is 0. The molecule has 5 heteroatoms. The molecule has 2 aromatic heterocycles. The summed E-state index contributed by atoms with van der Waals surface area (Å²) in [5.74, 6) is 0.812. The Morgan fingerprint density at radius 2 is 2.22 bits per heavy atom. The van der Waals surface area contributed by atoms with E-state index in [2.05, 4.69) is 16.4 Å². The highest BCUT2D eigenvalue weighted by Gasteiger charge is 2.12. The van der Waals surface area contributed by atoms with Crippen LogP contribution in [0, 0.1) is 12.3 Å². The molecule has 0 aliphatic rings. The number of nitrogens with zero attached hydrogens (tertiary/aromatic N) is 2. The van der Waals surface area contributed by atoms with Crippen LogP contribution in [0.5, 0.6) is 0 Å². The number of hydrogen-bond acceptors (Lipinski definition) is 4.